The molecule has 0 fully saturated rings. The van der Waals surface area contributed by atoms with Crippen LogP contribution in [0.1, 0.15) is 31.9 Å². The second-order valence-electron chi connectivity index (χ2n) is 11.3. The molecular weight excluding hydrogens is 613 g/mol. The van der Waals surface area contributed by atoms with Gasteiger partial charge in [-0.2, -0.15) is 0 Å². The molecule has 9 nitrogen and oxygen atoms in total. The van der Waals surface area contributed by atoms with E-state index in [1.165, 1.54) is 11.0 Å². The molecule has 230 valence electrons. The number of anilines is 1. The second kappa shape index (κ2) is 13.4. The molecule has 1 heterocycles. The molecule has 0 aromatic heterocycles. The van der Waals surface area contributed by atoms with Crippen LogP contribution in [0.25, 0.3) is 0 Å². The Morgan fingerprint density at radius 3 is 2.26 bits per heavy atom. The number of halogens is 2. The number of hydrogen-bond donors (Lipinski definition) is 1. The minimum atomic E-state index is -3.95. The summed E-state index contributed by atoms with van der Waals surface area (Å²) in [5.74, 6) is -0.131. The molecule has 0 unspecified atom stereocenters. The molecule has 0 radical (unpaired) electrons. The van der Waals surface area contributed by atoms with Gasteiger partial charge in [-0.15, -0.1) is 0 Å². The maximum Gasteiger partial charge on any atom is 0.244 e. The number of rotatable bonds is 10. The van der Waals surface area contributed by atoms with E-state index in [1.807, 2.05) is 51.1 Å². The van der Waals surface area contributed by atoms with Crippen molar-refractivity contribution in [1.29, 1.82) is 0 Å². The van der Waals surface area contributed by atoms with Crippen LogP contribution in [0.2, 0.25) is 10.0 Å². The maximum atomic E-state index is 14.3. The van der Waals surface area contributed by atoms with Crippen LogP contribution in [0.4, 0.5) is 5.69 Å². The number of hydrogen-bond acceptors (Lipinski definition) is 6. The highest BCUT2D eigenvalue weighted by atomic mass is 35.5. The summed E-state index contributed by atoms with van der Waals surface area (Å²) in [6, 6.07) is 17.9. The molecule has 2 amide bonds. The fourth-order valence-corrected chi connectivity index (χ4v) is 5.95. The number of nitrogens with one attached hydrogen (secondary N) is 1. The molecule has 12 heteroatoms. The summed E-state index contributed by atoms with van der Waals surface area (Å²) in [5.41, 5.74) is 1.00. The summed E-state index contributed by atoms with van der Waals surface area (Å²) in [6.45, 7) is 5.59. The van der Waals surface area contributed by atoms with Crippen molar-refractivity contribution in [2.45, 2.75) is 45.3 Å². The van der Waals surface area contributed by atoms with E-state index >= 15 is 0 Å². The lowest BCUT2D eigenvalue weighted by Crippen LogP contribution is -2.56. The number of carbonyl (C=O) groups is 2. The third-order valence-electron chi connectivity index (χ3n) is 6.62. The van der Waals surface area contributed by atoms with Gasteiger partial charge in [0, 0.05) is 34.6 Å². The second-order valence-corrected chi connectivity index (χ2v) is 14.1. The molecule has 0 bridgehead atoms. The van der Waals surface area contributed by atoms with Gasteiger partial charge in [0.25, 0.3) is 0 Å². The molecule has 1 atom stereocenters. The number of carbonyl (C=O) groups excluding carboxylic acids is 2. The number of benzene rings is 3. The van der Waals surface area contributed by atoms with Crippen LogP contribution in [-0.4, -0.2) is 62.7 Å². The van der Waals surface area contributed by atoms with Crippen molar-refractivity contribution in [3.05, 3.63) is 87.9 Å². The van der Waals surface area contributed by atoms with Gasteiger partial charge in [-0.05, 0) is 56.2 Å². The van der Waals surface area contributed by atoms with Gasteiger partial charge in [0.05, 0.1) is 11.9 Å². The zero-order valence-corrected chi connectivity index (χ0v) is 26.8. The van der Waals surface area contributed by atoms with Gasteiger partial charge in [0.2, 0.25) is 21.8 Å². The summed E-state index contributed by atoms with van der Waals surface area (Å²) in [5, 5.41) is 3.71. The Balaban J connectivity index is 1.76. The van der Waals surface area contributed by atoms with Crippen LogP contribution >= 0.6 is 23.2 Å². The van der Waals surface area contributed by atoms with Crippen LogP contribution < -0.4 is 19.1 Å². The predicted octanol–water partition coefficient (Wildman–Crippen LogP) is 5.09. The minimum absolute atomic E-state index is 0.0668. The molecule has 0 spiro atoms. The highest BCUT2D eigenvalue weighted by molar-refractivity contribution is 7.92. The number of amides is 2. The van der Waals surface area contributed by atoms with Gasteiger partial charge < -0.3 is 19.7 Å². The van der Waals surface area contributed by atoms with Crippen molar-refractivity contribution >= 4 is 50.7 Å². The first-order valence-corrected chi connectivity index (χ1v) is 16.3. The Hall–Kier alpha value is -3.47. The molecule has 1 N–H and O–H groups in total. The van der Waals surface area contributed by atoms with Crippen molar-refractivity contribution in [3.8, 4) is 11.5 Å². The Kier molecular flexibility index (Phi) is 10.1. The Morgan fingerprint density at radius 2 is 1.63 bits per heavy atom. The fraction of sp³-hybridized carbons (Fsp3) is 0.355. The maximum absolute atomic E-state index is 14.3. The monoisotopic (exact) mass is 647 g/mol. The number of ether oxygens (including phenoxy) is 2. The highest BCUT2D eigenvalue weighted by Crippen LogP contribution is 2.35. The first kappa shape index (κ1) is 32.4. The Morgan fingerprint density at radius 1 is 0.953 bits per heavy atom. The van der Waals surface area contributed by atoms with E-state index in [1.54, 1.807) is 30.3 Å². The average Bonchev–Trinajstić information content (AvgIpc) is 2.93. The van der Waals surface area contributed by atoms with Crippen molar-refractivity contribution in [2.75, 3.05) is 30.3 Å². The smallest absolute Gasteiger partial charge is 0.244 e. The van der Waals surface area contributed by atoms with Crippen LogP contribution in [0.15, 0.2) is 66.7 Å². The predicted molar refractivity (Wildman–Crippen MR) is 168 cm³/mol. The molecule has 43 heavy (non-hydrogen) atoms. The summed E-state index contributed by atoms with van der Waals surface area (Å²) in [4.78, 5) is 29.5. The minimum Gasteiger partial charge on any atom is -0.486 e. The first-order chi connectivity index (χ1) is 20.2. The van der Waals surface area contributed by atoms with Crippen molar-refractivity contribution in [1.82, 2.24) is 10.2 Å². The van der Waals surface area contributed by atoms with Gasteiger partial charge in [-0.25, -0.2) is 8.42 Å². The molecule has 4 rings (SSSR count). The number of sulfonamides is 1. The summed E-state index contributed by atoms with van der Waals surface area (Å²) in [7, 11) is -3.95. The number of fused-ring (bicyclic) bond motifs is 1. The lowest BCUT2D eigenvalue weighted by Gasteiger charge is -2.35. The van der Waals surface area contributed by atoms with Gasteiger partial charge in [0.15, 0.2) is 11.5 Å². The summed E-state index contributed by atoms with van der Waals surface area (Å²) >= 11 is 12.6. The van der Waals surface area contributed by atoms with E-state index in [9.17, 15) is 18.0 Å². The van der Waals surface area contributed by atoms with E-state index in [-0.39, 0.29) is 24.6 Å². The average molecular weight is 649 g/mol. The zero-order valence-electron chi connectivity index (χ0n) is 24.5. The fourth-order valence-electron chi connectivity index (χ4n) is 4.64. The molecule has 0 aliphatic carbocycles. The van der Waals surface area contributed by atoms with Crippen molar-refractivity contribution < 1.29 is 27.5 Å². The van der Waals surface area contributed by atoms with Crippen LogP contribution in [0, 0.1) is 0 Å². The highest BCUT2D eigenvalue weighted by Gasteiger charge is 2.35. The Bertz CT molecular complexity index is 1580. The first-order valence-electron chi connectivity index (χ1n) is 13.7. The largest absolute Gasteiger partial charge is 0.486 e. The topological polar surface area (TPSA) is 105 Å². The van der Waals surface area contributed by atoms with Gasteiger partial charge in [-0.3, -0.25) is 13.9 Å². The lowest BCUT2D eigenvalue weighted by molar-refractivity contribution is -0.140. The summed E-state index contributed by atoms with van der Waals surface area (Å²) < 4.78 is 38.3. The van der Waals surface area contributed by atoms with E-state index < -0.39 is 34.1 Å². The van der Waals surface area contributed by atoms with E-state index in [0.717, 1.165) is 16.1 Å². The standard InChI is InChI=1S/C31H35Cl2N3O6S/c1-31(2,3)34-30(38)26(16-21-8-6-5-7-9-21)35(19-22-10-11-23(32)17-25(22)33)29(37)20-36(43(4,39)40)24-12-13-27-28(18-24)42-15-14-41-27/h5-13,17-18,26H,14-16,19-20H2,1-4H3,(H,34,38)/t26-/m0/s1. The van der Waals surface area contributed by atoms with Crippen molar-refractivity contribution in [2.24, 2.45) is 0 Å². The van der Waals surface area contributed by atoms with E-state index in [4.69, 9.17) is 32.7 Å². The molecule has 0 saturated carbocycles. The molecule has 0 saturated heterocycles. The summed E-state index contributed by atoms with van der Waals surface area (Å²) in [6.07, 6.45) is 1.20. The SMILES string of the molecule is CC(C)(C)NC(=O)[C@H](Cc1ccccc1)N(Cc1ccc(Cl)cc1Cl)C(=O)CN(c1ccc2c(c1)OCCO2)S(C)(=O)=O. The third-order valence-corrected chi connectivity index (χ3v) is 8.35. The van der Waals surface area contributed by atoms with Gasteiger partial charge >= 0.3 is 0 Å². The Labute approximate surface area is 262 Å². The molecule has 1 aliphatic heterocycles. The quantitative estimate of drug-likeness (QED) is 0.329. The molecule has 3 aromatic rings. The van der Waals surface area contributed by atoms with Gasteiger partial charge in [0.1, 0.15) is 25.8 Å². The lowest BCUT2D eigenvalue weighted by atomic mass is 10.0. The van der Waals surface area contributed by atoms with Gasteiger partial charge in [-0.1, -0.05) is 59.6 Å². The normalized spacial score (nSPS) is 13.6. The van der Waals surface area contributed by atoms with Crippen molar-refractivity contribution in [3.63, 3.8) is 0 Å². The molecule has 3 aromatic carbocycles. The van der Waals surface area contributed by atoms with Crippen LogP contribution in [0.3, 0.4) is 0 Å². The van der Waals surface area contributed by atoms with E-state index in [2.05, 4.69) is 5.32 Å². The van der Waals surface area contributed by atoms with Crippen LogP contribution in [-0.2, 0) is 32.6 Å². The van der Waals surface area contributed by atoms with E-state index in [0.29, 0.717) is 40.3 Å². The van der Waals surface area contributed by atoms with Crippen LogP contribution in [0.5, 0.6) is 11.5 Å². The molecule has 1 aliphatic rings. The molecular formula is C31H35Cl2N3O6S. The zero-order chi connectivity index (χ0) is 31.4. The third kappa shape index (κ3) is 8.78. The number of nitrogens with zero attached hydrogens (tertiary/aromatic N) is 2.